The molecule has 2 rings (SSSR count). The number of nitrogens with one attached hydrogen (secondary N) is 3. The topological polar surface area (TPSA) is 106 Å². The number of methoxy groups -OCH3 is 1. The first-order chi connectivity index (χ1) is 17.4. The minimum atomic E-state index is -0.456. The highest BCUT2D eigenvalue weighted by Crippen LogP contribution is 2.14. The van der Waals surface area contributed by atoms with Crippen molar-refractivity contribution in [3.63, 3.8) is 0 Å². The highest BCUT2D eigenvalue weighted by molar-refractivity contribution is 5.76. The first kappa shape index (κ1) is 30.5. The van der Waals surface area contributed by atoms with Crippen LogP contribution in [0, 0.1) is 0 Å². The monoisotopic (exact) mass is 499 g/mol. The summed E-state index contributed by atoms with van der Waals surface area (Å²) >= 11 is 0. The van der Waals surface area contributed by atoms with Crippen molar-refractivity contribution in [2.75, 3.05) is 27.2 Å². The third-order valence-electron chi connectivity index (χ3n) is 5.02. The number of phenolic OH excluding ortho intramolecular Hbond substituents is 1. The molecule has 1 unspecified atom stereocenters. The minimum absolute atomic E-state index is 0.0485. The fourth-order valence-electron chi connectivity index (χ4n) is 3.18. The van der Waals surface area contributed by atoms with Crippen LogP contribution in [0.2, 0.25) is 0 Å². The molecule has 2 amide bonds. The Bertz CT molecular complexity index is 890. The largest absolute Gasteiger partial charge is 0.508 e. The second kappa shape index (κ2) is 17.8. The summed E-state index contributed by atoms with van der Waals surface area (Å²) in [5.74, 6) is 0.881. The van der Waals surface area contributed by atoms with Crippen LogP contribution in [0.4, 0.5) is 0 Å². The van der Waals surface area contributed by atoms with Crippen LogP contribution >= 0.6 is 0 Å². The molecule has 36 heavy (non-hydrogen) atoms. The van der Waals surface area contributed by atoms with Crippen LogP contribution in [0.5, 0.6) is 11.5 Å². The summed E-state index contributed by atoms with van der Waals surface area (Å²) < 4.78 is 5.21. The molecule has 2 aromatic rings. The Kier molecular flexibility index (Phi) is 15.1. The lowest BCUT2D eigenvalue weighted by Crippen LogP contribution is -2.51. The van der Waals surface area contributed by atoms with Crippen LogP contribution in [0.3, 0.4) is 0 Å². The lowest BCUT2D eigenvalue weighted by Gasteiger charge is -2.29. The molecule has 0 aliphatic rings. The Morgan fingerprint density at radius 1 is 1.11 bits per heavy atom. The van der Waals surface area contributed by atoms with Crippen molar-refractivity contribution in [3.05, 3.63) is 72.4 Å². The molecule has 0 saturated heterocycles. The average molecular weight is 500 g/mol. The number of carbonyl (C=O) groups excluding carboxylic acids is 2. The fraction of sp³-hybridized carbons (Fsp3) is 0.407. The Morgan fingerprint density at radius 3 is 2.28 bits per heavy atom. The van der Waals surface area contributed by atoms with Gasteiger partial charge in [-0.2, -0.15) is 0 Å². The van der Waals surface area contributed by atoms with Crippen molar-refractivity contribution in [1.29, 1.82) is 0 Å². The molecule has 0 aliphatic heterocycles. The van der Waals surface area contributed by atoms with E-state index in [4.69, 9.17) is 4.74 Å². The summed E-state index contributed by atoms with van der Waals surface area (Å²) in [5, 5.41) is 17.2. The van der Waals surface area contributed by atoms with E-state index in [0.29, 0.717) is 32.5 Å². The molecule has 0 heterocycles. The second-order valence-electron chi connectivity index (χ2n) is 8.22. The molecule has 0 radical (unpaired) electrons. The molecule has 0 saturated carbocycles. The zero-order chi connectivity index (χ0) is 26.8. The number of phenols is 1. The smallest absolute Gasteiger partial charge is 0.224 e. The van der Waals surface area contributed by atoms with Gasteiger partial charge in [0, 0.05) is 39.3 Å². The molecule has 0 aromatic heterocycles. The molecule has 0 spiro atoms. The maximum Gasteiger partial charge on any atom is 0.224 e. The van der Waals surface area contributed by atoms with Crippen LogP contribution in [-0.4, -0.2) is 60.7 Å². The molecular weight excluding hydrogens is 458 g/mol. The molecule has 4 N–H and O–H groups in total. The Balaban J connectivity index is 0.00000205. The Morgan fingerprint density at radius 2 is 1.72 bits per heavy atom. The Labute approximate surface area is 215 Å². The van der Waals surface area contributed by atoms with E-state index >= 15 is 0 Å². The third kappa shape index (κ3) is 12.2. The average Bonchev–Trinajstić information content (AvgIpc) is 2.87. The highest BCUT2D eigenvalue weighted by atomic mass is 16.5. The molecule has 9 nitrogen and oxygen atoms in total. The van der Waals surface area contributed by atoms with Gasteiger partial charge in [0.1, 0.15) is 11.5 Å². The van der Waals surface area contributed by atoms with Gasteiger partial charge in [0.2, 0.25) is 12.3 Å². The van der Waals surface area contributed by atoms with Crippen molar-refractivity contribution >= 4 is 12.3 Å². The SMILES string of the molecule is C=CNN(C)CCC(=O)N(Cc1ccc(OC)cc1)CC(NC=O)NCc1ccc(O)cc1.CCC. The molecule has 0 aliphatic carbocycles. The van der Waals surface area contributed by atoms with Crippen LogP contribution in [0.25, 0.3) is 0 Å². The number of ether oxygens (including phenoxy) is 1. The van der Waals surface area contributed by atoms with E-state index in [-0.39, 0.29) is 18.2 Å². The van der Waals surface area contributed by atoms with Gasteiger partial charge < -0.3 is 25.5 Å². The quantitative estimate of drug-likeness (QED) is 0.170. The second-order valence-corrected chi connectivity index (χ2v) is 8.22. The van der Waals surface area contributed by atoms with Crippen molar-refractivity contribution in [1.82, 2.24) is 26.0 Å². The summed E-state index contributed by atoms with van der Waals surface area (Å²) in [6.07, 6.45) is 3.25. The van der Waals surface area contributed by atoms with Gasteiger partial charge in [-0.15, -0.1) is 0 Å². The maximum absolute atomic E-state index is 13.1. The fourth-order valence-corrected chi connectivity index (χ4v) is 3.18. The number of rotatable bonds is 15. The standard InChI is InChI=1S/C24H33N5O4.C3H8/c1-4-27-28(2)14-13-24(32)29(16-20-7-11-22(33-3)12-8-20)17-23(26-18-30)25-15-19-5-9-21(31)10-6-19;1-3-2/h4-12,18,23,25,27,31H,1,13-17H2,2-3H3,(H,26,30);3H2,1-2H3. The summed E-state index contributed by atoms with van der Waals surface area (Å²) in [6.45, 7) is 9.49. The number of carbonyl (C=O) groups is 2. The molecular formula is C27H41N5O4. The van der Waals surface area contributed by atoms with Gasteiger partial charge in [-0.25, -0.2) is 5.01 Å². The van der Waals surface area contributed by atoms with Gasteiger partial charge in [0.15, 0.2) is 0 Å². The van der Waals surface area contributed by atoms with E-state index in [1.54, 1.807) is 47.5 Å². The van der Waals surface area contributed by atoms with Crippen molar-refractivity contribution in [3.8, 4) is 11.5 Å². The molecule has 198 valence electrons. The van der Waals surface area contributed by atoms with Crippen molar-refractivity contribution in [2.24, 2.45) is 0 Å². The molecule has 0 bridgehead atoms. The minimum Gasteiger partial charge on any atom is -0.508 e. The van der Waals surface area contributed by atoms with Crippen LogP contribution in [0.1, 0.15) is 37.8 Å². The van der Waals surface area contributed by atoms with Crippen LogP contribution < -0.4 is 20.8 Å². The van der Waals surface area contributed by atoms with Gasteiger partial charge in [0.25, 0.3) is 0 Å². The highest BCUT2D eigenvalue weighted by Gasteiger charge is 2.19. The molecule has 2 aromatic carbocycles. The number of hydrazine groups is 1. The van der Waals surface area contributed by atoms with E-state index in [1.807, 2.05) is 31.3 Å². The van der Waals surface area contributed by atoms with E-state index in [1.165, 1.54) is 6.42 Å². The number of hydrogen-bond donors (Lipinski definition) is 4. The summed E-state index contributed by atoms with van der Waals surface area (Å²) in [5.41, 5.74) is 4.82. The van der Waals surface area contributed by atoms with Gasteiger partial charge in [0.05, 0.1) is 19.8 Å². The zero-order valence-electron chi connectivity index (χ0n) is 21.9. The predicted octanol–water partition coefficient (Wildman–Crippen LogP) is 2.98. The first-order valence-electron chi connectivity index (χ1n) is 12.1. The normalized spacial score (nSPS) is 11.0. The van der Waals surface area contributed by atoms with E-state index in [2.05, 4.69) is 36.5 Å². The number of aromatic hydroxyl groups is 1. The van der Waals surface area contributed by atoms with Gasteiger partial charge in [-0.05, 0) is 35.4 Å². The summed E-state index contributed by atoms with van der Waals surface area (Å²) in [7, 11) is 3.44. The van der Waals surface area contributed by atoms with Crippen molar-refractivity contribution in [2.45, 2.75) is 45.9 Å². The van der Waals surface area contributed by atoms with E-state index < -0.39 is 6.17 Å². The van der Waals surface area contributed by atoms with Crippen LogP contribution in [-0.2, 0) is 22.7 Å². The maximum atomic E-state index is 13.1. The van der Waals surface area contributed by atoms with Crippen LogP contribution in [0.15, 0.2) is 61.3 Å². The summed E-state index contributed by atoms with van der Waals surface area (Å²) in [6, 6.07) is 14.3. The van der Waals surface area contributed by atoms with E-state index in [0.717, 1.165) is 16.9 Å². The lowest BCUT2D eigenvalue weighted by molar-refractivity contribution is -0.133. The Hall–Kier alpha value is -3.56. The number of nitrogens with zero attached hydrogens (tertiary/aromatic N) is 2. The number of hydrogen-bond acceptors (Lipinski definition) is 7. The number of benzene rings is 2. The van der Waals surface area contributed by atoms with Crippen molar-refractivity contribution < 1.29 is 19.4 Å². The lowest BCUT2D eigenvalue weighted by atomic mass is 10.2. The van der Waals surface area contributed by atoms with Gasteiger partial charge in [-0.1, -0.05) is 51.1 Å². The number of amides is 2. The molecule has 1 atom stereocenters. The predicted molar refractivity (Wildman–Crippen MR) is 143 cm³/mol. The van der Waals surface area contributed by atoms with E-state index in [9.17, 15) is 14.7 Å². The van der Waals surface area contributed by atoms with Gasteiger partial charge in [-0.3, -0.25) is 14.9 Å². The third-order valence-corrected chi connectivity index (χ3v) is 5.02. The molecule has 9 heteroatoms. The summed E-state index contributed by atoms with van der Waals surface area (Å²) in [4.78, 5) is 26.0. The zero-order valence-corrected chi connectivity index (χ0v) is 21.9. The first-order valence-corrected chi connectivity index (χ1v) is 12.1. The molecule has 0 fully saturated rings. The van der Waals surface area contributed by atoms with Gasteiger partial charge >= 0.3 is 0 Å².